The van der Waals surface area contributed by atoms with Crippen LogP contribution >= 0.6 is 11.3 Å². The Morgan fingerprint density at radius 2 is 2.08 bits per heavy atom. The summed E-state index contributed by atoms with van der Waals surface area (Å²) in [6.45, 7) is 4.37. The Morgan fingerprint density at radius 3 is 2.85 bits per heavy atom. The van der Waals surface area contributed by atoms with Gasteiger partial charge in [0.25, 0.3) is 0 Å². The largest absolute Gasteiger partial charge is 0.464 e. The number of thiazole rings is 1. The van der Waals surface area contributed by atoms with Gasteiger partial charge < -0.3 is 25.3 Å². The molecule has 11 nitrogen and oxygen atoms in total. The minimum absolute atomic E-state index is 0.00680. The number of carbonyl (C=O) groups is 3. The highest BCUT2D eigenvalue weighted by molar-refractivity contribution is 7.22. The summed E-state index contributed by atoms with van der Waals surface area (Å²) in [5.74, 6) is -0.327. The van der Waals surface area contributed by atoms with Crippen LogP contribution in [0.5, 0.6) is 0 Å². The first-order chi connectivity index (χ1) is 19.2. The highest BCUT2D eigenvalue weighted by atomic mass is 32.1. The summed E-state index contributed by atoms with van der Waals surface area (Å²) in [6.07, 6.45) is 1.46. The van der Waals surface area contributed by atoms with E-state index in [-0.39, 0.29) is 37.0 Å². The van der Waals surface area contributed by atoms with Gasteiger partial charge in [0, 0.05) is 31.4 Å². The Labute approximate surface area is 235 Å². The summed E-state index contributed by atoms with van der Waals surface area (Å²) < 4.78 is 6.44. The van der Waals surface area contributed by atoms with Crippen LogP contribution in [0.15, 0.2) is 53.1 Å². The van der Waals surface area contributed by atoms with E-state index in [1.54, 1.807) is 33.1 Å². The van der Waals surface area contributed by atoms with Gasteiger partial charge in [-0.3, -0.25) is 14.6 Å². The van der Waals surface area contributed by atoms with Crippen molar-refractivity contribution in [3.05, 3.63) is 59.9 Å². The van der Waals surface area contributed by atoms with E-state index >= 15 is 0 Å². The number of hydrogen-bond acceptors (Lipinski definition) is 8. The van der Waals surface area contributed by atoms with Gasteiger partial charge in [0.1, 0.15) is 17.8 Å². The van der Waals surface area contributed by atoms with Gasteiger partial charge in [-0.15, -0.1) is 0 Å². The maximum Gasteiger partial charge on any atom is 0.331 e. The van der Waals surface area contributed by atoms with Crippen molar-refractivity contribution in [1.82, 2.24) is 30.1 Å². The molecule has 0 radical (unpaired) electrons. The Hall–Kier alpha value is -4.16. The fourth-order valence-corrected chi connectivity index (χ4v) is 6.63. The van der Waals surface area contributed by atoms with Crippen molar-refractivity contribution in [3.63, 3.8) is 0 Å². The predicted octanol–water partition coefficient (Wildman–Crippen LogP) is 3.01. The van der Waals surface area contributed by atoms with Crippen LogP contribution in [0, 0.1) is 0 Å². The molecule has 2 aliphatic heterocycles. The maximum absolute atomic E-state index is 14.1. The zero-order chi connectivity index (χ0) is 28.1. The number of hydrazine groups is 1. The molecule has 2 saturated heterocycles. The summed E-state index contributed by atoms with van der Waals surface area (Å²) in [6, 6.07) is 12.3. The van der Waals surface area contributed by atoms with Crippen LogP contribution in [0.2, 0.25) is 0 Å². The quantitative estimate of drug-likeness (QED) is 0.370. The number of carbonyl (C=O) groups excluding carboxylic acids is 3. The molecule has 0 bridgehead atoms. The highest BCUT2D eigenvalue weighted by Crippen LogP contribution is 2.33. The van der Waals surface area contributed by atoms with Crippen molar-refractivity contribution in [2.75, 3.05) is 25.9 Å². The molecule has 0 saturated carbocycles. The number of nitrogen functional groups attached to an aromatic ring is 1. The lowest BCUT2D eigenvalue weighted by molar-refractivity contribution is -0.158. The smallest absolute Gasteiger partial charge is 0.331 e. The molecule has 4 amide bonds. The topological polar surface area (TPSA) is 128 Å². The average Bonchev–Trinajstić information content (AvgIpc) is 3.63. The van der Waals surface area contributed by atoms with Crippen LogP contribution < -0.4 is 11.1 Å². The molecule has 2 aromatic carbocycles. The summed E-state index contributed by atoms with van der Waals surface area (Å²) in [5, 5.41) is 7.46. The maximum atomic E-state index is 14.1. The third kappa shape index (κ3) is 4.42. The summed E-state index contributed by atoms with van der Waals surface area (Å²) in [4.78, 5) is 48.5. The second kappa shape index (κ2) is 10.1. The van der Waals surface area contributed by atoms with Crippen LogP contribution in [0.25, 0.3) is 21.2 Å². The number of amides is 4. The second-order valence-electron chi connectivity index (χ2n) is 10.4. The third-order valence-corrected chi connectivity index (χ3v) is 8.43. The molecule has 208 valence electrons. The number of nitrogens with zero attached hydrogens (tertiary/aromatic N) is 5. The lowest BCUT2D eigenvalue weighted by atomic mass is 9.99. The molecule has 2 atom stereocenters. The van der Waals surface area contributed by atoms with Crippen LogP contribution in [0.3, 0.4) is 0 Å². The predicted molar refractivity (Wildman–Crippen MR) is 152 cm³/mol. The highest BCUT2D eigenvalue weighted by Gasteiger charge is 2.52. The van der Waals surface area contributed by atoms with E-state index in [9.17, 15) is 14.4 Å². The van der Waals surface area contributed by atoms with Gasteiger partial charge in [0.05, 0.1) is 29.6 Å². The van der Waals surface area contributed by atoms with Gasteiger partial charge in [-0.2, -0.15) is 5.01 Å². The van der Waals surface area contributed by atoms with Crippen molar-refractivity contribution in [1.29, 1.82) is 0 Å². The Kier molecular flexibility index (Phi) is 6.59. The SMILES string of the molecule is CNC(=O)N(C(C)C)N1CC(=O)N2[C@@H](Cc3ccc4occc4c3)C(=O)N(Cc3cccc4sc(N)nc34)C[C@@H]21. The number of hydrogen-bond donors (Lipinski definition) is 2. The van der Waals surface area contributed by atoms with Crippen molar-refractivity contribution in [2.45, 2.75) is 45.1 Å². The molecule has 0 unspecified atom stereocenters. The van der Waals surface area contributed by atoms with Gasteiger partial charge in [0.2, 0.25) is 11.8 Å². The summed E-state index contributed by atoms with van der Waals surface area (Å²) in [5.41, 5.74) is 9.33. The monoisotopic (exact) mass is 561 g/mol. The number of benzene rings is 2. The summed E-state index contributed by atoms with van der Waals surface area (Å²) >= 11 is 1.41. The van der Waals surface area contributed by atoms with E-state index < -0.39 is 12.2 Å². The zero-order valence-electron chi connectivity index (χ0n) is 22.5. The van der Waals surface area contributed by atoms with Crippen molar-refractivity contribution in [3.8, 4) is 0 Å². The van der Waals surface area contributed by atoms with Gasteiger partial charge in [-0.25, -0.2) is 9.78 Å². The Morgan fingerprint density at radius 1 is 1.25 bits per heavy atom. The van der Waals surface area contributed by atoms with E-state index in [1.165, 1.54) is 11.3 Å². The minimum atomic E-state index is -0.737. The van der Waals surface area contributed by atoms with Crippen LogP contribution in [0.1, 0.15) is 25.0 Å². The molecule has 0 aliphatic carbocycles. The fourth-order valence-electron chi connectivity index (χ4n) is 5.85. The number of nitrogens with two attached hydrogens (primary N) is 1. The van der Waals surface area contributed by atoms with Crippen LogP contribution in [-0.2, 0) is 22.6 Å². The Balaban J connectivity index is 1.39. The first-order valence-corrected chi connectivity index (χ1v) is 14.0. The fraction of sp³-hybridized carbons (Fsp3) is 0.357. The number of aromatic nitrogens is 1. The first-order valence-electron chi connectivity index (χ1n) is 13.2. The van der Waals surface area contributed by atoms with E-state index in [4.69, 9.17) is 10.2 Å². The van der Waals surface area contributed by atoms with E-state index in [0.29, 0.717) is 18.1 Å². The molecule has 40 heavy (non-hydrogen) atoms. The molecule has 2 fully saturated rings. The normalized spacial score (nSPS) is 19.7. The second-order valence-corrected chi connectivity index (χ2v) is 11.5. The summed E-state index contributed by atoms with van der Waals surface area (Å²) in [7, 11) is 1.57. The van der Waals surface area contributed by atoms with Gasteiger partial charge in [-0.05, 0) is 49.2 Å². The van der Waals surface area contributed by atoms with Crippen molar-refractivity contribution in [2.24, 2.45) is 0 Å². The average molecular weight is 562 g/mol. The van der Waals surface area contributed by atoms with Gasteiger partial charge in [0.15, 0.2) is 5.13 Å². The standard InChI is InChI=1S/C28H31N7O4S/c1-16(2)35(28(38)30-3)33-15-24(36)34-20(12-17-7-8-21-18(11-17)9-10-39-21)26(37)32(14-23(33)34)13-19-5-4-6-22-25(19)31-27(29)40-22/h4-11,16,20,23H,12-15H2,1-3H3,(H2,29,31)(H,30,38)/t20-,23+/m0/s1. The Bertz CT molecular complexity index is 1610. The molecule has 0 spiro atoms. The number of fused-ring (bicyclic) bond motifs is 3. The number of rotatable bonds is 6. The molecule has 2 aromatic heterocycles. The first kappa shape index (κ1) is 26.1. The molecule has 4 aromatic rings. The molecule has 6 rings (SSSR count). The van der Waals surface area contributed by atoms with Gasteiger partial charge in [-0.1, -0.05) is 29.5 Å². The van der Waals surface area contributed by atoms with Crippen molar-refractivity contribution < 1.29 is 18.8 Å². The molecule has 12 heteroatoms. The number of nitrogens with one attached hydrogen (secondary N) is 1. The lowest BCUT2D eigenvalue weighted by Gasteiger charge is -2.47. The van der Waals surface area contributed by atoms with Gasteiger partial charge >= 0.3 is 6.03 Å². The van der Waals surface area contributed by atoms with Crippen LogP contribution in [-0.4, -0.2) is 81.0 Å². The number of para-hydroxylation sites is 1. The number of piperazine rings is 1. The minimum Gasteiger partial charge on any atom is -0.464 e. The van der Waals surface area contributed by atoms with E-state index in [0.717, 1.165) is 32.3 Å². The molecule has 4 heterocycles. The van der Waals surface area contributed by atoms with Crippen molar-refractivity contribution >= 4 is 55.5 Å². The number of urea groups is 1. The van der Waals surface area contributed by atoms with E-state index in [1.807, 2.05) is 56.3 Å². The number of furan rings is 1. The molecular formula is C28H31N7O4S. The molecule has 3 N–H and O–H groups in total. The molecular weight excluding hydrogens is 530 g/mol. The number of anilines is 1. The zero-order valence-corrected chi connectivity index (χ0v) is 23.4. The molecule has 2 aliphatic rings. The lowest BCUT2D eigenvalue weighted by Crippen LogP contribution is -2.66. The van der Waals surface area contributed by atoms with E-state index in [2.05, 4.69) is 10.3 Å². The van der Waals surface area contributed by atoms with Crippen LogP contribution in [0.4, 0.5) is 9.93 Å². The third-order valence-electron chi connectivity index (χ3n) is 7.58.